The number of hydrogen-bond acceptors (Lipinski definition) is 3. The lowest BCUT2D eigenvalue weighted by Gasteiger charge is -2.31. The maximum Gasteiger partial charge on any atom is 0.243 e. The van der Waals surface area contributed by atoms with Gasteiger partial charge >= 0.3 is 0 Å². The van der Waals surface area contributed by atoms with Crippen LogP contribution in [0.15, 0.2) is 23.1 Å². The van der Waals surface area contributed by atoms with E-state index in [0.29, 0.717) is 24.5 Å². The van der Waals surface area contributed by atoms with E-state index in [9.17, 15) is 13.2 Å². The fraction of sp³-hybridized carbons (Fsp3) is 0.632. The van der Waals surface area contributed by atoms with Crippen molar-refractivity contribution < 1.29 is 13.2 Å². The Hall–Kier alpha value is -1.40. The maximum atomic E-state index is 12.8. The molecule has 1 aromatic rings. The van der Waals surface area contributed by atoms with Crippen molar-refractivity contribution in [1.82, 2.24) is 9.21 Å². The molecule has 1 saturated heterocycles. The molecule has 0 atom stereocenters. The Bertz CT molecular complexity index is 763. The molecule has 1 amide bonds. The van der Waals surface area contributed by atoms with Crippen LogP contribution in [-0.4, -0.2) is 43.2 Å². The molecule has 0 N–H and O–H groups in total. The molecule has 2 fully saturated rings. The van der Waals surface area contributed by atoms with Crippen molar-refractivity contribution in [1.29, 1.82) is 0 Å². The second-order valence-corrected chi connectivity index (χ2v) is 9.47. The van der Waals surface area contributed by atoms with Gasteiger partial charge in [0, 0.05) is 32.1 Å². The van der Waals surface area contributed by atoms with Gasteiger partial charge in [0.15, 0.2) is 0 Å². The molecule has 25 heavy (non-hydrogen) atoms. The Balaban J connectivity index is 1.56. The Morgan fingerprint density at radius 3 is 2.40 bits per heavy atom. The highest BCUT2D eigenvalue weighted by molar-refractivity contribution is 7.89. The van der Waals surface area contributed by atoms with E-state index in [2.05, 4.69) is 0 Å². The summed E-state index contributed by atoms with van der Waals surface area (Å²) in [6, 6.07) is 5.48. The number of carbonyl (C=O) groups is 1. The molecular weight excluding hydrogens is 336 g/mol. The highest BCUT2D eigenvalue weighted by atomic mass is 32.2. The number of fused-ring (bicyclic) bond motifs is 1. The lowest BCUT2D eigenvalue weighted by atomic mass is 9.98. The molecule has 1 aliphatic carbocycles. The maximum absolute atomic E-state index is 12.8. The van der Waals surface area contributed by atoms with Crippen molar-refractivity contribution in [2.75, 3.05) is 19.6 Å². The summed E-state index contributed by atoms with van der Waals surface area (Å²) in [6.45, 7) is 2.53. The first-order chi connectivity index (χ1) is 12.1. The van der Waals surface area contributed by atoms with Crippen molar-refractivity contribution >= 4 is 15.9 Å². The van der Waals surface area contributed by atoms with Crippen LogP contribution < -0.4 is 0 Å². The Morgan fingerprint density at radius 2 is 1.68 bits per heavy atom. The van der Waals surface area contributed by atoms with E-state index in [0.717, 1.165) is 57.1 Å². The molecule has 0 radical (unpaired) electrons. The number of sulfonamides is 1. The number of benzene rings is 1. The number of hydrogen-bond donors (Lipinski definition) is 0. The van der Waals surface area contributed by atoms with Gasteiger partial charge in [0.1, 0.15) is 0 Å². The van der Waals surface area contributed by atoms with Gasteiger partial charge in [-0.1, -0.05) is 18.9 Å². The molecule has 6 heteroatoms. The average Bonchev–Trinajstić information content (AvgIpc) is 3.33. The predicted molar refractivity (Wildman–Crippen MR) is 95.5 cm³/mol. The minimum absolute atomic E-state index is 0.179. The van der Waals surface area contributed by atoms with Crippen LogP contribution in [0.4, 0.5) is 0 Å². The molecular formula is C19H26N2O3S. The van der Waals surface area contributed by atoms with E-state index in [1.54, 1.807) is 16.4 Å². The average molecular weight is 362 g/mol. The lowest BCUT2D eigenvalue weighted by Crippen LogP contribution is -2.39. The van der Waals surface area contributed by atoms with Gasteiger partial charge in [-0.05, 0) is 55.4 Å². The van der Waals surface area contributed by atoms with Gasteiger partial charge < -0.3 is 4.90 Å². The molecule has 5 nitrogen and oxygen atoms in total. The standard InChI is InChI=1S/C19H26N2O3S/c22-19(16-5-1-2-6-16)20-12-9-15-7-8-18(13-17(15)14-20)25(23,24)21-10-3-4-11-21/h7-8,13,16H,1-6,9-12,14H2. The van der Waals surface area contributed by atoms with Gasteiger partial charge in [-0.15, -0.1) is 0 Å². The third-order valence-electron chi connectivity index (χ3n) is 5.91. The predicted octanol–water partition coefficient (Wildman–Crippen LogP) is 2.55. The number of rotatable bonds is 3. The minimum atomic E-state index is -3.40. The van der Waals surface area contributed by atoms with E-state index < -0.39 is 10.0 Å². The number of nitrogens with zero attached hydrogens (tertiary/aromatic N) is 2. The first-order valence-corrected chi connectivity index (χ1v) is 10.9. The first-order valence-electron chi connectivity index (χ1n) is 9.46. The summed E-state index contributed by atoms with van der Waals surface area (Å²) < 4.78 is 27.2. The zero-order chi connectivity index (χ0) is 17.4. The lowest BCUT2D eigenvalue weighted by molar-refractivity contribution is -0.136. The van der Waals surface area contributed by atoms with Crippen molar-refractivity contribution in [3.8, 4) is 0 Å². The first kappa shape index (κ1) is 17.0. The van der Waals surface area contributed by atoms with Gasteiger partial charge in [-0.2, -0.15) is 4.31 Å². The Morgan fingerprint density at radius 1 is 0.960 bits per heavy atom. The smallest absolute Gasteiger partial charge is 0.243 e. The molecule has 0 aromatic heterocycles. The number of amides is 1. The van der Waals surface area contributed by atoms with Crippen LogP contribution in [0.5, 0.6) is 0 Å². The third-order valence-corrected chi connectivity index (χ3v) is 7.80. The van der Waals surface area contributed by atoms with E-state index in [1.165, 1.54) is 5.56 Å². The molecule has 136 valence electrons. The highest BCUT2D eigenvalue weighted by Gasteiger charge is 2.31. The molecule has 2 aliphatic heterocycles. The largest absolute Gasteiger partial charge is 0.338 e. The Labute approximate surface area is 150 Å². The van der Waals surface area contributed by atoms with Crippen LogP contribution in [0.2, 0.25) is 0 Å². The van der Waals surface area contributed by atoms with Crippen molar-refractivity contribution in [2.45, 2.75) is 56.4 Å². The van der Waals surface area contributed by atoms with Crippen molar-refractivity contribution in [3.05, 3.63) is 29.3 Å². The normalized spacial score (nSPS) is 22.3. The molecule has 0 spiro atoms. The molecule has 1 aromatic carbocycles. The van der Waals surface area contributed by atoms with Crippen molar-refractivity contribution in [2.24, 2.45) is 5.92 Å². The molecule has 0 unspecified atom stereocenters. The van der Waals surface area contributed by atoms with Crippen molar-refractivity contribution in [3.63, 3.8) is 0 Å². The van der Waals surface area contributed by atoms with Gasteiger partial charge in [0.05, 0.1) is 4.90 Å². The summed E-state index contributed by atoms with van der Waals surface area (Å²) in [5.74, 6) is 0.439. The zero-order valence-electron chi connectivity index (χ0n) is 14.6. The van der Waals surface area contributed by atoms with Crippen LogP contribution >= 0.6 is 0 Å². The van der Waals surface area contributed by atoms with Gasteiger partial charge in [-0.3, -0.25) is 4.79 Å². The summed E-state index contributed by atoms with van der Waals surface area (Å²) in [6.07, 6.45) is 7.01. The van der Waals surface area contributed by atoms with E-state index in [4.69, 9.17) is 0 Å². The molecule has 1 saturated carbocycles. The quantitative estimate of drug-likeness (QED) is 0.830. The SMILES string of the molecule is O=C(C1CCCC1)N1CCc2ccc(S(=O)(=O)N3CCCC3)cc2C1. The third kappa shape index (κ3) is 3.22. The second-order valence-electron chi connectivity index (χ2n) is 7.53. The van der Waals surface area contributed by atoms with Gasteiger partial charge in [0.2, 0.25) is 15.9 Å². The van der Waals surface area contributed by atoms with Crippen LogP contribution in [0, 0.1) is 5.92 Å². The minimum Gasteiger partial charge on any atom is -0.338 e. The van der Waals surface area contributed by atoms with E-state index >= 15 is 0 Å². The molecule has 3 aliphatic rings. The topological polar surface area (TPSA) is 57.7 Å². The van der Waals surface area contributed by atoms with Gasteiger partial charge in [-0.25, -0.2) is 8.42 Å². The monoisotopic (exact) mass is 362 g/mol. The van der Waals surface area contributed by atoms with E-state index in [-0.39, 0.29) is 11.8 Å². The van der Waals surface area contributed by atoms with E-state index in [1.807, 2.05) is 11.0 Å². The highest BCUT2D eigenvalue weighted by Crippen LogP contribution is 2.30. The summed E-state index contributed by atoms with van der Waals surface area (Å²) in [4.78, 5) is 15.0. The van der Waals surface area contributed by atoms with Crippen LogP contribution in [0.1, 0.15) is 49.7 Å². The molecule has 4 rings (SSSR count). The number of carbonyl (C=O) groups excluding carboxylic acids is 1. The second kappa shape index (κ2) is 6.72. The fourth-order valence-electron chi connectivity index (χ4n) is 4.39. The summed E-state index contributed by atoms with van der Waals surface area (Å²) in [5.41, 5.74) is 2.17. The Kier molecular flexibility index (Phi) is 4.58. The summed E-state index contributed by atoms with van der Waals surface area (Å²) in [7, 11) is -3.40. The summed E-state index contributed by atoms with van der Waals surface area (Å²) in [5, 5.41) is 0. The fourth-order valence-corrected chi connectivity index (χ4v) is 5.96. The molecule has 0 bridgehead atoms. The van der Waals surface area contributed by atoms with Crippen LogP contribution in [0.3, 0.4) is 0 Å². The zero-order valence-corrected chi connectivity index (χ0v) is 15.4. The van der Waals surface area contributed by atoms with Crippen LogP contribution in [-0.2, 0) is 27.8 Å². The molecule has 2 heterocycles. The van der Waals surface area contributed by atoms with Gasteiger partial charge in [0.25, 0.3) is 0 Å². The van der Waals surface area contributed by atoms with Crippen LogP contribution in [0.25, 0.3) is 0 Å². The summed E-state index contributed by atoms with van der Waals surface area (Å²) >= 11 is 0.